The molecule has 0 fully saturated rings. The Hall–Kier alpha value is -2.05. The number of alkyl halides is 3. The van der Waals surface area contributed by atoms with E-state index in [0.717, 1.165) is 4.68 Å². The molecule has 0 aliphatic rings. The molecule has 0 unspecified atom stereocenters. The lowest BCUT2D eigenvalue weighted by Crippen LogP contribution is -2.15. The molecule has 0 radical (unpaired) electrons. The number of hydrogen-bond donors (Lipinski definition) is 0. The molecular formula is C10H8F3N3O. The summed E-state index contributed by atoms with van der Waals surface area (Å²) in [5, 5.41) is 3.35. The van der Waals surface area contributed by atoms with Crippen LogP contribution in [0.3, 0.4) is 0 Å². The van der Waals surface area contributed by atoms with Crippen LogP contribution in [-0.2, 0) is 6.18 Å². The zero-order valence-corrected chi connectivity index (χ0v) is 8.77. The number of nitrogens with zero attached hydrogens (tertiary/aromatic N) is 3. The van der Waals surface area contributed by atoms with Crippen molar-refractivity contribution < 1.29 is 17.6 Å². The van der Waals surface area contributed by atoms with E-state index < -0.39 is 12.1 Å². The Balaban J connectivity index is 2.60. The molecule has 0 aliphatic carbocycles. The number of rotatable bonds is 1. The average Bonchev–Trinajstić information content (AvgIpc) is 2.73. The van der Waals surface area contributed by atoms with Gasteiger partial charge in [-0.05, 0) is 12.1 Å². The Bertz CT molecular complexity index is 568. The van der Waals surface area contributed by atoms with E-state index in [0.29, 0.717) is 5.69 Å². The lowest BCUT2D eigenvalue weighted by Gasteiger charge is -1.98. The highest BCUT2D eigenvalue weighted by Gasteiger charge is 2.38. The number of benzene rings is 1. The number of halogens is 3. The van der Waals surface area contributed by atoms with Crippen LogP contribution in [0, 0.1) is 0 Å². The molecule has 0 atom stereocenters. The van der Waals surface area contributed by atoms with Crippen molar-refractivity contribution >= 4 is 0 Å². The van der Waals surface area contributed by atoms with Crippen LogP contribution in [0.15, 0.2) is 39.7 Å². The molecule has 7 heteroatoms. The Morgan fingerprint density at radius 1 is 1.24 bits per heavy atom. The van der Waals surface area contributed by atoms with E-state index in [1.54, 1.807) is 30.3 Å². The van der Waals surface area contributed by atoms with Crippen LogP contribution in [-0.4, -0.2) is 16.8 Å². The van der Waals surface area contributed by atoms with E-state index in [1.165, 1.54) is 7.05 Å². The molecule has 0 aliphatic heterocycles. The first-order chi connectivity index (χ1) is 8.02. The highest BCUT2D eigenvalue weighted by atomic mass is 19.4. The summed E-state index contributed by atoms with van der Waals surface area (Å²) in [5.41, 5.74) is 0.246. The molecule has 0 amide bonds. The van der Waals surface area contributed by atoms with Crippen LogP contribution in [0.5, 0.6) is 0 Å². The van der Waals surface area contributed by atoms with Crippen LogP contribution in [0.2, 0.25) is 0 Å². The zero-order valence-electron chi connectivity index (χ0n) is 8.77. The molecule has 90 valence electrons. The van der Waals surface area contributed by atoms with Crippen LogP contribution in [0.1, 0.15) is 5.89 Å². The minimum absolute atomic E-state index is 0.205. The predicted molar refractivity (Wildman–Crippen MR) is 52.3 cm³/mol. The molecule has 0 saturated heterocycles. The number of para-hydroxylation sites is 1. The van der Waals surface area contributed by atoms with Crippen molar-refractivity contribution in [1.82, 2.24) is 9.78 Å². The molecule has 0 N–H and O–H groups in total. The van der Waals surface area contributed by atoms with E-state index in [9.17, 15) is 13.2 Å². The molecule has 0 spiro atoms. The maximum atomic E-state index is 12.4. The molecule has 0 saturated carbocycles. The van der Waals surface area contributed by atoms with E-state index in [2.05, 4.69) is 14.5 Å². The summed E-state index contributed by atoms with van der Waals surface area (Å²) in [6, 6.07) is 8.33. The zero-order chi connectivity index (χ0) is 12.5. The van der Waals surface area contributed by atoms with Gasteiger partial charge in [-0.25, -0.2) is 4.99 Å². The third kappa shape index (κ3) is 2.22. The third-order valence-electron chi connectivity index (χ3n) is 1.99. The summed E-state index contributed by atoms with van der Waals surface area (Å²) in [6.45, 7) is 0. The van der Waals surface area contributed by atoms with Gasteiger partial charge in [-0.15, -0.1) is 5.10 Å². The number of aromatic nitrogens is 2. The normalized spacial score (nSPS) is 13.1. The fourth-order valence-electron chi connectivity index (χ4n) is 1.28. The molecule has 2 aromatic rings. The van der Waals surface area contributed by atoms with Crippen LogP contribution in [0.4, 0.5) is 13.2 Å². The van der Waals surface area contributed by atoms with Gasteiger partial charge >= 0.3 is 17.8 Å². The molecule has 4 nitrogen and oxygen atoms in total. The fourth-order valence-corrected chi connectivity index (χ4v) is 1.28. The van der Waals surface area contributed by atoms with Crippen molar-refractivity contribution in [3.8, 4) is 5.69 Å². The second-order valence-corrected chi connectivity index (χ2v) is 3.16. The Labute approximate surface area is 94.0 Å². The van der Waals surface area contributed by atoms with Crippen molar-refractivity contribution in [3.05, 3.63) is 41.9 Å². The summed E-state index contributed by atoms with van der Waals surface area (Å²) < 4.78 is 42.8. The molecule has 1 aromatic heterocycles. The minimum Gasteiger partial charge on any atom is -0.399 e. The van der Waals surface area contributed by atoms with Gasteiger partial charge in [0, 0.05) is 7.05 Å². The quantitative estimate of drug-likeness (QED) is 0.769. The Morgan fingerprint density at radius 3 is 2.41 bits per heavy atom. The average molecular weight is 243 g/mol. The maximum absolute atomic E-state index is 12.4. The maximum Gasteiger partial charge on any atom is 0.470 e. The van der Waals surface area contributed by atoms with Crippen molar-refractivity contribution in [3.63, 3.8) is 0 Å². The first-order valence-corrected chi connectivity index (χ1v) is 4.68. The molecule has 2 rings (SSSR count). The SMILES string of the molecule is CN=c1oc(C(F)(F)F)nn1-c1ccccc1. The summed E-state index contributed by atoms with van der Waals surface area (Å²) in [5.74, 6) is -1.32. The van der Waals surface area contributed by atoms with Gasteiger partial charge in [-0.3, -0.25) is 0 Å². The number of hydrogen-bond acceptors (Lipinski definition) is 3. The van der Waals surface area contributed by atoms with Crippen molar-refractivity contribution in [1.29, 1.82) is 0 Å². The van der Waals surface area contributed by atoms with E-state index in [4.69, 9.17) is 0 Å². The lowest BCUT2D eigenvalue weighted by molar-refractivity contribution is -0.157. The topological polar surface area (TPSA) is 43.3 Å². The van der Waals surface area contributed by atoms with Gasteiger partial charge in [0.1, 0.15) is 0 Å². The van der Waals surface area contributed by atoms with Gasteiger partial charge < -0.3 is 4.42 Å². The lowest BCUT2D eigenvalue weighted by atomic mass is 10.3. The Kier molecular flexibility index (Phi) is 2.74. The summed E-state index contributed by atoms with van der Waals surface area (Å²) in [6.07, 6.45) is -4.63. The minimum atomic E-state index is -4.63. The summed E-state index contributed by atoms with van der Waals surface area (Å²) >= 11 is 0. The van der Waals surface area contributed by atoms with Crippen LogP contribution < -0.4 is 5.68 Å². The van der Waals surface area contributed by atoms with E-state index in [-0.39, 0.29) is 5.68 Å². The predicted octanol–water partition coefficient (Wildman–Crippen LogP) is 2.01. The van der Waals surface area contributed by atoms with Gasteiger partial charge in [0.15, 0.2) is 0 Å². The molecule has 17 heavy (non-hydrogen) atoms. The third-order valence-corrected chi connectivity index (χ3v) is 1.99. The fraction of sp³-hybridized carbons (Fsp3) is 0.200. The van der Waals surface area contributed by atoms with Gasteiger partial charge in [0.05, 0.1) is 5.69 Å². The molecule has 1 heterocycles. The summed E-state index contributed by atoms with van der Waals surface area (Å²) in [4.78, 5) is 3.61. The second kappa shape index (κ2) is 4.08. The van der Waals surface area contributed by atoms with E-state index >= 15 is 0 Å². The van der Waals surface area contributed by atoms with Gasteiger partial charge in [-0.1, -0.05) is 18.2 Å². The van der Waals surface area contributed by atoms with Crippen molar-refractivity contribution in [2.45, 2.75) is 6.18 Å². The first-order valence-electron chi connectivity index (χ1n) is 4.68. The van der Waals surface area contributed by atoms with E-state index in [1.807, 2.05) is 0 Å². The molecule has 1 aromatic carbocycles. The Morgan fingerprint density at radius 2 is 1.88 bits per heavy atom. The second-order valence-electron chi connectivity index (χ2n) is 3.16. The largest absolute Gasteiger partial charge is 0.470 e. The summed E-state index contributed by atoms with van der Waals surface area (Å²) in [7, 11) is 1.33. The van der Waals surface area contributed by atoms with Crippen LogP contribution >= 0.6 is 0 Å². The van der Waals surface area contributed by atoms with Crippen LogP contribution in [0.25, 0.3) is 5.69 Å². The van der Waals surface area contributed by atoms with Crippen molar-refractivity contribution in [2.75, 3.05) is 7.05 Å². The van der Waals surface area contributed by atoms with Crippen molar-refractivity contribution in [2.24, 2.45) is 4.99 Å². The van der Waals surface area contributed by atoms with Gasteiger partial charge in [0.25, 0.3) is 0 Å². The smallest absolute Gasteiger partial charge is 0.399 e. The monoisotopic (exact) mass is 243 g/mol. The standard InChI is InChI=1S/C10H8F3N3O/c1-14-9-16(7-5-3-2-4-6-7)15-8(17-9)10(11,12)13/h2-6H,1H3. The first kappa shape index (κ1) is 11.4. The van der Waals surface area contributed by atoms with Gasteiger partial charge in [-0.2, -0.15) is 17.9 Å². The highest BCUT2D eigenvalue weighted by Crippen LogP contribution is 2.26. The highest BCUT2D eigenvalue weighted by molar-refractivity contribution is 5.29. The molecule has 0 bridgehead atoms. The van der Waals surface area contributed by atoms with Gasteiger partial charge in [0.2, 0.25) is 0 Å². The molecular weight excluding hydrogens is 235 g/mol.